The van der Waals surface area contributed by atoms with Gasteiger partial charge >= 0.3 is 5.97 Å². The topological polar surface area (TPSA) is 82.2 Å². The summed E-state index contributed by atoms with van der Waals surface area (Å²) < 4.78 is 0. The van der Waals surface area contributed by atoms with Crippen LogP contribution in [0.1, 0.15) is 23.0 Å². The second kappa shape index (κ2) is 4.52. The van der Waals surface area contributed by atoms with Gasteiger partial charge in [-0.25, -0.2) is 0 Å². The number of para-hydroxylation sites is 1. The normalized spacial score (nSPS) is 12.3. The average Bonchev–Trinajstić information content (AvgIpc) is 2.64. The van der Waals surface area contributed by atoms with Crippen molar-refractivity contribution in [3.05, 3.63) is 35.5 Å². The van der Waals surface area contributed by atoms with Gasteiger partial charge in [-0.05, 0) is 19.9 Å². The number of carbonyl (C=O) groups excluding carboxylic acids is 1. The molecule has 5 nitrogen and oxygen atoms in total. The maximum atomic E-state index is 12.1. The summed E-state index contributed by atoms with van der Waals surface area (Å²) in [5, 5.41) is 12.0. The SMILES string of the molecule is Cc1[nH]c2ccccc2c1C(=O)NC(C)C(=O)O. The number of hydrogen-bond donors (Lipinski definition) is 3. The number of amides is 1. The van der Waals surface area contributed by atoms with Crippen molar-refractivity contribution in [1.82, 2.24) is 10.3 Å². The Balaban J connectivity index is 2.39. The van der Waals surface area contributed by atoms with Crippen LogP contribution in [-0.4, -0.2) is 28.0 Å². The van der Waals surface area contributed by atoms with E-state index in [1.807, 2.05) is 24.3 Å². The maximum absolute atomic E-state index is 12.1. The molecule has 2 aromatic rings. The highest BCUT2D eigenvalue weighted by Crippen LogP contribution is 2.21. The molecule has 0 bridgehead atoms. The molecule has 1 amide bonds. The fourth-order valence-corrected chi connectivity index (χ4v) is 1.90. The van der Waals surface area contributed by atoms with E-state index in [-0.39, 0.29) is 5.91 Å². The van der Waals surface area contributed by atoms with Crippen molar-refractivity contribution < 1.29 is 14.7 Å². The third kappa shape index (κ3) is 2.07. The molecule has 2 rings (SSSR count). The lowest BCUT2D eigenvalue weighted by atomic mass is 10.1. The van der Waals surface area contributed by atoms with Crippen LogP contribution in [0.4, 0.5) is 0 Å². The predicted molar refractivity (Wildman–Crippen MR) is 67.6 cm³/mol. The summed E-state index contributed by atoms with van der Waals surface area (Å²) in [6.07, 6.45) is 0. The minimum atomic E-state index is -1.05. The Morgan fingerprint density at radius 2 is 2.00 bits per heavy atom. The van der Waals surface area contributed by atoms with Crippen LogP contribution in [-0.2, 0) is 4.79 Å². The van der Waals surface area contributed by atoms with Gasteiger partial charge in [0, 0.05) is 16.6 Å². The number of aromatic amines is 1. The molecule has 1 aromatic heterocycles. The molecule has 0 aliphatic carbocycles. The van der Waals surface area contributed by atoms with Crippen LogP contribution < -0.4 is 5.32 Å². The number of aryl methyl sites for hydroxylation is 1. The first kappa shape index (κ1) is 12.2. The van der Waals surface area contributed by atoms with Crippen molar-refractivity contribution in [3.8, 4) is 0 Å². The Bertz CT molecular complexity index is 616. The second-order valence-electron chi connectivity index (χ2n) is 4.20. The van der Waals surface area contributed by atoms with E-state index in [0.29, 0.717) is 5.56 Å². The van der Waals surface area contributed by atoms with Crippen molar-refractivity contribution in [2.24, 2.45) is 0 Å². The number of carbonyl (C=O) groups is 2. The summed E-state index contributed by atoms with van der Waals surface area (Å²) in [7, 11) is 0. The first-order valence-corrected chi connectivity index (χ1v) is 5.61. The highest BCUT2D eigenvalue weighted by molar-refractivity contribution is 6.08. The summed E-state index contributed by atoms with van der Waals surface area (Å²) in [6, 6.07) is 6.51. The fourth-order valence-electron chi connectivity index (χ4n) is 1.90. The minimum absolute atomic E-state index is 0.375. The Labute approximate surface area is 104 Å². The van der Waals surface area contributed by atoms with Crippen LogP contribution in [0.3, 0.4) is 0 Å². The van der Waals surface area contributed by atoms with Gasteiger partial charge in [0.25, 0.3) is 5.91 Å². The molecule has 0 fully saturated rings. The number of aliphatic carboxylic acids is 1. The fraction of sp³-hybridized carbons (Fsp3) is 0.231. The Morgan fingerprint density at radius 1 is 1.33 bits per heavy atom. The molecule has 3 N–H and O–H groups in total. The zero-order chi connectivity index (χ0) is 13.3. The van der Waals surface area contributed by atoms with Gasteiger partial charge in [0.15, 0.2) is 0 Å². The Kier molecular flexibility index (Phi) is 3.06. The molecular formula is C13H14N2O3. The third-order valence-electron chi connectivity index (χ3n) is 2.84. The lowest BCUT2D eigenvalue weighted by Gasteiger charge is -2.09. The van der Waals surface area contributed by atoms with Gasteiger partial charge in [0.1, 0.15) is 6.04 Å². The number of aromatic nitrogens is 1. The number of nitrogens with one attached hydrogen (secondary N) is 2. The number of carboxylic acid groups (broad SMARTS) is 1. The van der Waals surface area contributed by atoms with E-state index in [0.717, 1.165) is 16.6 Å². The molecule has 1 heterocycles. The quantitative estimate of drug-likeness (QED) is 0.770. The van der Waals surface area contributed by atoms with Gasteiger partial charge in [-0.15, -0.1) is 0 Å². The van der Waals surface area contributed by atoms with Gasteiger partial charge in [-0.2, -0.15) is 0 Å². The molecule has 1 atom stereocenters. The third-order valence-corrected chi connectivity index (χ3v) is 2.84. The first-order valence-electron chi connectivity index (χ1n) is 5.61. The van der Waals surface area contributed by atoms with Gasteiger partial charge in [0.05, 0.1) is 5.56 Å². The van der Waals surface area contributed by atoms with E-state index >= 15 is 0 Å². The average molecular weight is 246 g/mol. The first-order chi connectivity index (χ1) is 8.50. The molecule has 5 heteroatoms. The van der Waals surface area contributed by atoms with Crippen molar-refractivity contribution >= 4 is 22.8 Å². The number of fused-ring (bicyclic) bond motifs is 1. The van der Waals surface area contributed by atoms with Crippen molar-refractivity contribution in [2.45, 2.75) is 19.9 Å². The smallest absolute Gasteiger partial charge is 0.325 e. The highest BCUT2D eigenvalue weighted by Gasteiger charge is 2.19. The van der Waals surface area contributed by atoms with E-state index in [2.05, 4.69) is 10.3 Å². The number of H-pyrrole nitrogens is 1. The van der Waals surface area contributed by atoms with Crippen LogP contribution in [0.5, 0.6) is 0 Å². The molecule has 1 aromatic carbocycles. The van der Waals surface area contributed by atoms with Crippen LogP contribution in [0.25, 0.3) is 10.9 Å². The summed E-state index contributed by atoms with van der Waals surface area (Å²) in [4.78, 5) is 25.9. The zero-order valence-electron chi connectivity index (χ0n) is 10.2. The standard InChI is InChI=1S/C13H14N2O3/c1-7-11(12(16)15-8(2)13(17)18)9-5-3-4-6-10(9)14-7/h3-6,8,14H,1-2H3,(H,15,16)(H,17,18). The van der Waals surface area contributed by atoms with Crippen molar-refractivity contribution in [2.75, 3.05) is 0 Å². The predicted octanol–water partition coefficient (Wildman–Crippen LogP) is 1.68. The van der Waals surface area contributed by atoms with E-state index < -0.39 is 12.0 Å². The summed E-state index contributed by atoms with van der Waals surface area (Å²) in [5.41, 5.74) is 2.09. The van der Waals surface area contributed by atoms with E-state index in [1.165, 1.54) is 6.92 Å². The van der Waals surface area contributed by atoms with Crippen LogP contribution in [0, 0.1) is 6.92 Å². The number of rotatable bonds is 3. The Morgan fingerprint density at radius 3 is 2.67 bits per heavy atom. The summed E-state index contributed by atoms with van der Waals surface area (Å²) in [5.74, 6) is -1.43. The van der Waals surface area contributed by atoms with Crippen LogP contribution in [0.2, 0.25) is 0 Å². The van der Waals surface area contributed by atoms with Gasteiger partial charge in [0.2, 0.25) is 0 Å². The molecule has 1 unspecified atom stereocenters. The lowest BCUT2D eigenvalue weighted by molar-refractivity contribution is -0.138. The van der Waals surface area contributed by atoms with Crippen LogP contribution in [0.15, 0.2) is 24.3 Å². The van der Waals surface area contributed by atoms with E-state index in [4.69, 9.17) is 5.11 Å². The summed E-state index contributed by atoms with van der Waals surface area (Å²) >= 11 is 0. The largest absolute Gasteiger partial charge is 0.480 e. The van der Waals surface area contributed by atoms with E-state index in [1.54, 1.807) is 6.92 Å². The van der Waals surface area contributed by atoms with Gasteiger partial charge in [-0.3, -0.25) is 9.59 Å². The molecule has 94 valence electrons. The molecule has 0 spiro atoms. The molecule has 0 radical (unpaired) electrons. The number of hydrogen-bond acceptors (Lipinski definition) is 2. The zero-order valence-corrected chi connectivity index (χ0v) is 10.2. The molecule has 0 saturated heterocycles. The molecule has 0 aliphatic rings. The maximum Gasteiger partial charge on any atom is 0.325 e. The van der Waals surface area contributed by atoms with E-state index in [9.17, 15) is 9.59 Å². The molecular weight excluding hydrogens is 232 g/mol. The number of benzene rings is 1. The van der Waals surface area contributed by atoms with Crippen molar-refractivity contribution in [3.63, 3.8) is 0 Å². The van der Waals surface area contributed by atoms with Gasteiger partial charge in [-0.1, -0.05) is 18.2 Å². The molecule has 0 aliphatic heterocycles. The lowest BCUT2D eigenvalue weighted by Crippen LogP contribution is -2.38. The Hall–Kier alpha value is -2.30. The minimum Gasteiger partial charge on any atom is -0.480 e. The van der Waals surface area contributed by atoms with Crippen molar-refractivity contribution in [1.29, 1.82) is 0 Å². The molecule has 0 saturated carbocycles. The monoisotopic (exact) mass is 246 g/mol. The highest BCUT2D eigenvalue weighted by atomic mass is 16.4. The summed E-state index contributed by atoms with van der Waals surface area (Å²) in [6.45, 7) is 3.23. The molecule has 18 heavy (non-hydrogen) atoms. The van der Waals surface area contributed by atoms with Crippen LogP contribution >= 0.6 is 0 Å². The number of carboxylic acids is 1. The van der Waals surface area contributed by atoms with Gasteiger partial charge < -0.3 is 15.4 Å². The second-order valence-corrected chi connectivity index (χ2v) is 4.20.